The van der Waals surface area contributed by atoms with Gasteiger partial charge in [-0.1, -0.05) is 53.7 Å². The van der Waals surface area contributed by atoms with Crippen molar-refractivity contribution in [3.05, 3.63) is 70.7 Å². The molecule has 1 saturated heterocycles. The minimum atomic E-state index is 0.0941. The molecule has 1 aliphatic heterocycles. The van der Waals surface area contributed by atoms with Gasteiger partial charge in [0, 0.05) is 22.9 Å². The normalized spacial score (nSPS) is 16.0. The molecule has 2 aromatic rings. The monoisotopic (exact) mass is 344 g/mol. The quantitative estimate of drug-likeness (QED) is 0.764. The van der Waals surface area contributed by atoms with Gasteiger partial charge >= 0.3 is 0 Å². The molecule has 118 valence electrons. The van der Waals surface area contributed by atoms with E-state index in [2.05, 4.69) is 22.0 Å². The zero-order chi connectivity index (χ0) is 16.1. The molecule has 0 atom stereocenters. The molecule has 1 heterocycles. The maximum Gasteiger partial charge on any atom is 0.182 e. The number of hydrogen-bond donors (Lipinski definition) is 0. The van der Waals surface area contributed by atoms with E-state index < -0.39 is 0 Å². The zero-order valence-electron chi connectivity index (χ0n) is 12.6. The molecule has 0 saturated carbocycles. The highest BCUT2D eigenvalue weighted by Crippen LogP contribution is 2.20. The molecule has 1 fully saturated rings. The van der Waals surface area contributed by atoms with Crippen LogP contribution in [-0.2, 0) is 6.54 Å². The minimum Gasteiger partial charge on any atom is -0.343 e. The Morgan fingerprint density at radius 2 is 1.87 bits per heavy atom. The molecule has 0 amide bonds. The van der Waals surface area contributed by atoms with Gasteiger partial charge in [-0.3, -0.25) is 9.79 Å². The van der Waals surface area contributed by atoms with Crippen LogP contribution in [-0.4, -0.2) is 34.7 Å². The fourth-order valence-corrected chi connectivity index (χ4v) is 3.48. The average molecular weight is 345 g/mol. The lowest BCUT2D eigenvalue weighted by atomic mass is 10.1. The van der Waals surface area contributed by atoms with Crippen molar-refractivity contribution < 1.29 is 4.79 Å². The van der Waals surface area contributed by atoms with Gasteiger partial charge in [-0.2, -0.15) is 0 Å². The Kier molecular flexibility index (Phi) is 5.36. The summed E-state index contributed by atoms with van der Waals surface area (Å²) in [5.74, 6) is 1.07. The second-order valence-corrected chi connectivity index (χ2v) is 6.78. The highest BCUT2D eigenvalue weighted by Gasteiger charge is 2.22. The van der Waals surface area contributed by atoms with Crippen molar-refractivity contribution in [3.63, 3.8) is 0 Å². The topological polar surface area (TPSA) is 32.7 Å². The van der Waals surface area contributed by atoms with Crippen molar-refractivity contribution in [2.45, 2.75) is 6.54 Å². The zero-order valence-corrected chi connectivity index (χ0v) is 14.2. The maximum atomic E-state index is 12.4. The van der Waals surface area contributed by atoms with Crippen LogP contribution in [0.25, 0.3) is 0 Å². The largest absolute Gasteiger partial charge is 0.343 e. The Hall–Kier alpha value is -1.78. The summed E-state index contributed by atoms with van der Waals surface area (Å²) >= 11 is 7.58. The summed E-state index contributed by atoms with van der Waals surface area (Å²) in [4.78, 5) is 19.1. The van der Waals surface area contributed by atoms with Gasteiger partial charge in [0.05, 0.1) is 13.1 Å². The Morgan fingerprint density at radius 3 is 2.61 bits per heavy atom. The van der Waals surface area contributed by atoms with Crippen LogP contribution in [0.4, 0.5) is 0 Å². The number of halogens is 1. The minimum absolute atomic E-state index is 0.0941. The Balaban J connectivity index is 1.64. The second-order valence-electron chi connectivity index (χ2n) is 5.28. The molecule has 0 N–H and O–H groups in total. The number of thioether (sulfide) groups is 1. The number of nitrogens with zero attached hydrogens (tertiary/aromatic N) is 2. The van der Waals surface area contributed by atoms with E-state index in [0.29, 0.717) is 23.7 Å². The third kappa shape index (κ3) is 4.36. The van der Waals surface area contributed by atoms with Gasteiger partial charge in [0.25, 0.3) is 0 Å². The van der Waals surface area contributed by atoms with E-state index in [4.69, 9.17) is 11.6 Å². The first kappa shape index (κ1) is 16.1. The third-order valence-electron chi connectivity index (χ3n) is 3.60. The lowest BCUT2D eigenvalue weighted by Gasteiger charge is -2.17. The van der Waals surface area contributed by atoms with Crippen molar-refractivity contribution in [2.24, 2.45) is 4.99 Å². The number of amidine groups is 1. The molecule has 1 aliphatic rings. The number of rotatable bonds is 5. The van der Waals surface area contributed by atoms with Crippen molar-refractivity contribution >= 4 is 34.3 Å². The van der Waals surface area contributed by atoms with E-state index in [1.807, 2.05) is 18.2 Å². The van der Waals surface area contributed by atoms with Gasteiger partial charge in [-0.05, 0) is 29.8 Å². The fraction of sp³-hybridized carbons (Fsp3) is 0.222. The summed E-state index contributed by atoms with van der Waals surface area (Å²) < 4.78 is 0. The molecule has 0 aliphatic carbocycles. The van der Waals surface area contributed by atoms with Crippen molar-refractivity contribution in [1.82, 2.24) is 4.90 Å². The molecule has 0 bridgehead atoms. The first-order valence-corrected chi connectivity index (χ1v) is 8.83. The predicted molar refractivity (Wildman–Crippen MR) is 97.4 cm³/mol. The van der Waals surface area contributed by atoms with Crippen LogP contribution in [0.1, 0.15) is 15.9 Å². The second kappa shape index (κ2) is 7.66. The van der Waals surface area contributed by atoms with E-state index in [1.54, 1.807) is 36.0 Å². The number of benzene rings is 2. The van der Waals surface area contributed by atoms with Gasteiger partial charge in [-0.15, -0.1) is 0 Å². The van der Waals surface area contributed by atoms with E-state index >= 15 is 0 Å². The summed E-state index contributed by atoms with van der Waals surface area (Å²) in [7, 11) is 0. The van der Waals surface area contributed by atoms with Crippen molar-refractivity contribution in [2.75, 3.05) is 18.8 Å². The van der Waals surface area contributed by atoms with Gasteiger partial charge in [-0.25, -0.2) is 0 Å². The van der Waals surface area contributed by atoms with Crippen LogP contribution in [0, 0.1) is 0 Å². The van der Waals surface area contributed by atoms with E-state index in [0.717, 1.165) is 17.5 Å². The lowest BCUT2D eigenvalue weighted by Crippen LogP contribution is -2.30. The molecular weight excluding hydrogens is 328 g/mol. The average Bonchev–Trinajstić information content (AvgIpc) is 3.01. The number of hydrogen-bond acceptors (Lipinski definition) is 3. The van der Waals surface area contributed by atoms with Crippen molar-refractivity contribution in [1.29, 1.82) is 0 Å². The molecule has 0 aromatic heterocycles. The molecular formula is C18H17ClN2OS. The Morgan fingerprint density at radius 1 is 1.13 bits per heavy atom. The fourth-order valence-electron chi connectivity index (χ4n) is 2.37. The van der Waals surface area contributed by atoms with Gasteiger partial charge in [0.1, 0.15) is 0 Å². The number of carbonyl (C=O) groups is 1. The summed E-state index contributed by atoms with van der Waals surface area (Å²) in [6, 6.07) is 17.2. The van der Waals surface area contributed by atoms with Gasteiger partial charge < -0.3 is 4.90 Å². The maximum absolute atomic E-state index is 12.4. The van der Waals surface area contributed by atoms with Crippen LogP contribution >= 0.6 is 23.4 Å². The van der Waals surface area contributed by atoms with E-state index in [9.17, 15) is 4.79 Å². The number of aliphatic imine (C=N–C) groups is 1. The summed E-state index contributed by atoms with van der Waals surface area (Å²) in [5.41, 5.74) is 1.87. The molecule has 3 nitrogen and oxygen atoms in total. The predicted octanol–water partition coefficient (Wildman–Crippen LogP) is 4.13. The van der Waals surface area contributed by atoms with E-state index in [-0.39, 0.29) is 5.78 Å². The first-order valence-electron chi connectivity index (χ1n) is 7.47. The molecule has 0 spiro atoms. The molecule has 2 aromatic carbocycles. The standard InChI is InChI=1S/C18H17ClN2OS/c19-16-8-6-15(7-9-16)17(22)13-21-10-11-23-18(21)20-12-14-4-2-1-3-5-14/h1-9H,10-13H2. The first-order chi connectivity index (χ1) is 11.2. The van der Waals surface area contributed by atoms with Gasteiger partial charge in [0.2, 0.25) is 0 Å². The van der Waals surface area contributed by atoms with Crippen LogP contribution < -0.4 is 0 Å². The number of ketones is 1. The molecule has 23 heavy (non-hydrogen) atoms. The van der Waals surface area contributed by atoms with Crippen LogP contribution in [0.5, 0.6) is 0 Å². The molecule has 0 radical (unpaired) electrons. The smallest absolute Gasteiger partial charge is 0.182 e. The number of carbonyl (C=O) groups excluding carboxylic acids is 1. The molecule has 0 unspecified atom stereocenters. The Labute approximate surface area is 145 Å². The summed E-state index contributed by atoms with van der Waals surface area (Å²) in [5, 5.41) is 1.60. The molecule has 3 rings (SSSR count). The SMILES string of the molecule is O=C(CN1CCSC1=NCc1ccccc1)c1ccc(Cl)cc1. The Bertz CT molecular complexity index is 701. The van der Waals surface area contributed by atoms with Crippen LogP contribution in [0.2, 0.25) is 5.02 Å². The lowest BCUT2D eigenvalue weighted by molar-refractivity contribution is 0.0966. The highest BCUT2D eigenvalue weighted by atomic mass is 35.5. The van der Waals surface area contributed by atoms with Crippen LogP contribution in [0.3, 0.4) is 0 Å². The summed E-state index contributed by atoms with van der Waals surface area (Å²) in [6.07, 6.45) is 0. The third-order valence-corrected chi connectivity index (χ3v) is 4.89. The summed E-state index contributed by atoms with van der Waals surface area (Å²) in [6.45, 7) is 1.87. The van der Waals surface area contributed by atoms with E-state index in [1.165, 1.54) is 5.56 Å². The highest BCUT2D eigenvalue weighted by molar-refractivity contribution is 8.14. The molecule has 5 heteroatoms. The number of Topliss-reactive ketones (excluding diaryl/α,β-unsaturated/α-hetero) is 1. The van der Waals surface area contributed by atoms with Gasteiger partial charge in [0.15, 0.2) is 11.0 Å². The van der Waals surface area contributed by atoms with Crippen LogP contribution in [0.15, 0.2) is 59.6 Å². The van der Waals surface area contributed by atoms with Crippen molar-refractivity contribution in [3.8, 4) is 0 Å².